The molecule has 2 N–H and O–H groups in total. The van der Waals surface area contributed by atoms with Crippen LogP contribution in [0.1, 0.15) is 0 Å². The average molecular weight is 453 g/mol. The number of anilines is 1. The highest BCUT2D eigenvalue weighted by Gasteiger charge is 2.18. The van der Waals surface area contributed by atoms with Gasteiger partial charge < -0.3 is 14.8 Å². The van der Waals surface area contributed by atoms with Crippen LogP contribution < -0.4 is 14.8 Å². The highest BCUT2D eigenvalue weighted by atomic mass is 35.5. The zero-order valence-corrected chi connectivity index (χ0v) is 16.5. The first-order chi connectivity index (χ1) is 13.7. The topological polar surface area (TPSA) is 93.7 Å². The third kappa shape index (κ3) is 6.07. The van der Waals surface area contributed by atoms with Crippen molar-refractivity contribution in [3.05, 3.63) is 52.8 Å². The summed E-state index contributed by atoms with van der Waals surface area (Å²) in [7, 11) is -2.39. The van der Waals surface area contributed by atoms with E-state index in [-0.39, 0.29) is 28.8 Å². The lowest BCUT2D eigenvalue weighted by Gasteiger charge is -2.11. The predicted molar refractivity (Wildman–Crippen MR) is 99.0 cm³/mol. The number of rotatable bonds is 9. The monoisotopic (exact) mass is 452 g/mol. The summed E-state index contributed by atoms with van der Waals surface area (Å²) in [6.45, 7) is -0.395. The molecule has 0 spiro atoms. The molecule has 7 nitrogen and oxygen atoms in total. The van der Waals surface area contributed by atoms with Gasteiger partial charge in [0.25, 0.3) is 5.91 Å². The Bertz CT molecular complexity index is 1000. The molecule has 0 aliphatic heterocycles. The van der Waals surface area contributed by atoms with E-state index in [1.165, 1.54) is 19.2 Å². The van der Waals surface area contributed by atoms with Crippen molar-refractivity contribution in [2.75, 3.05) is 32.2 Å². The van der Waals surface area contributed by atoms with Crippen molar-refractivity contribution in [2.24, 2.45) is 0 Å². The summed E-state index contributed by atoms with van der Waals surface area (Å²) in [5.41, 5.74) is -0.563. The van der Waals surface area contributed by atoms with Crippen molar-refractivity contribution in [1.29, 1.82) is 0 Å². The van der Waals surface area contributed by atoms with Gasteiger partial charge in [-0.1, -0.05) is 11.6 Å². The molecule has 0 saturated heterocycles. The van der Waals surface area contributed by atoms with Crippen molar-refractivity contribution < 1.29 is 35.9 Å². The SMILES string of the molecule is COCCNS(=O)(=O)c1ccc(OCC(=O)Nc2ccc(F)c(F)c2F)c(Cl)c1. The number of sulfonamides is 1. The molecule has 0 heterocycles. The summed E-state index contributed by atoms with van der Waals surface area (Å²) < 4.78 is 76.0. The third-order valence-electron chi connectivity index (χ3n) is 3.48. The summed E-state index contributed by atoms with van der Waals surface area (Å²) in [5, 5.41) is 1.93. The Labute approximate surface area is 169 Å². The molecule has 2 aromatic carbocycles. The number of benzene rings is 2. The zero-order chi connectivity index (χ0) is 21.6. The quantitative estimate of drug-likeness (QED) is 0.450. The van der Waals surface area contributed by atoms with E-state index in [0.29, 0.717) is 6.07 Å². The Morgan fingerprint density at radius 2 is 1.86 bits per heavy atom. The van der Waals surface area contributed by atoms with Crippen LogP contribution in [0.25, 0.3) is 0 Å². The Balaban J connectivity index is 2.00. The van der Waals surface area contributed by atoms with Crippen LogP contribution in [0.15, 0.2) is 35.2 Å². The highest BCUT2D eigenvalue weighted by molar-refractivity contribution is 7.89. The molecule has 0 aromatic heterocycles. The van der Waals surface area contributed by atoms with Gasteiger partial charge in [-0.25, -0.2) is 26.3 Å². The van der Waals surface area contributed by atoms with Gasteiger partial charge in [0.05, 0.1) is 22.2 Å². The number of hydrogen-bond acceptors (Lipinski definition) is 5. The fraction of sp³-hybridized carbons (Fsp3) is 0.235. The summed E-state index contributed by atoms with van der Waals surface area (Å²) in [6, 6.07) is 5.08. The Morgan fingerprint density at radius 3 is 2.52 bits per heavy atom. The Morgan fingerprint density at radius 1 is 1.14 bits per heavy atom. The minimum absolute atomic E-state index is 0.0107. The molecule has 2 aromatic rings. The molecular formula is C17H16ClF3N2O5S. The summed E-state index contributed by atoms with van der Waals surface area (Å²) >= 11 is 5.98. The molecule has 0 unspecified atom stereocenters. The molecule has 0 radical (unpaired) electrons. The van der Waals surface area contributed by atoms with Gasteiger partial charge in [-0.3, -0.25) is 4.79 Å². The molecule has 0 fully saturated rings. The molecule has 0 saturated carbocycles. The Kier molecular flexibility index (Phi) is 7.85. The molecule has 0 bridgehead atoms. The maximum Gasteiger partial charge on any atom is 0.262 e. The second-order valence-electron chi connectivity index (χ2n) is 5.54. The minimum Gasteiger partial charge on any atom is -0.482 e. The lowest BCUT2D eigenvalue weighted by atomic mass is 10.3. The van der Waals surface area contributed by atoms with Crippen LogP contribution in [0.2, 0.25) is 5.02 Å². The van der Waals surface area contributed by atoms with E-state index in [1.807, 2.05) is 5.32 Å². The molecule has 2 rings (SSSR count). The number of carbonyl (C=O) groups is 1. The third-order valence-corrected chi connectivity index (χ3v) is 5.23. The van der Waals surface area contributed by atoms with Crippen LogP contribution in [-0.2, 0) is 19.6 Å². The summed E-state index contributed by atoms with van der Waals surface area (Å²) in [6.07, 6.45) is 0. The van der Waals surface area contributed by atoms with Crippen LogP contribution >= 0.6 is 11.6 Å². The van der Waals surface area contributed by atoms with Crippen LogP contribution in [0.5, 0.6) is 5.75 Å². The number of methoxy groups -OCH3 is 1. The second-order valence-corrected chi connectivity index (χ2v) is 7.72. The smallest absolute Gasteiger partial charge is 0.262 e. The molecule has 29 heavy (non-hydrogen) atoms. The van der Waals surface area contributed by atoms with Crippen LogP contribution in [-0.4, -0.2) is 41.2 Å². The maximum absolute atomic E-state index is 13.6. The number of amides is 1. The first kappa shape index (κ1) is 22.9. The van der Waals surface area contributed by atoms with Crippen molar-refractivity contribution in [3.63, 3.8) is 0 Å². The van der Waals surface area contributed by atoms with Gasteiger partial charge in [0.15, 0.2) is 24.1 Å². The van der Waals surface area contributed by atoms with E-state index in [0.717, 1.165) is 12.1 Å². The molecule has 12 heteroatoms. The standard InChI is InChI=1S/C17H16ClF3N2O5S/c1-27-7-6-22-29(25,26)10-2-5-14(11(18)8-10)28-9-15(24)23-13-4-3-12(19)16(20)17(13)21/h2-5,8,22H,6-7,9H2,1H3,(H,23,24). The number of halogens is 4. The van der Waals surface area contributed by atoms with Crippen molar-refractivity contribution in [1.82, 2.24) is 4.72 Å². The maximum atomic E-state index is 13.6. The molecule has 1 amide bonds. The van der Waals surface area contributed by atoms with E-state index in [4.69, 9.17) is 21.1 Å². The zero-order valence-electron chi connectivity index (χ0n) is 15.0. The van der Waals surface area contributed by atoms with Gasteiger partial charge >= 0.3 is 0 Å². The van der Waals surface area contributed by atoms with Gasteiger partial charge in [0, 0.05) is 13.7 Å². The normalized spacial score (nSPS) is 11.3. The lowest BCUT2D eigenvalue weighted by molar-refractivity contribution is -0.118. The van der Waals surface area contributed by atoms with Crippen LogP contribution in [0, 0.1) is 17.5 Å². The van der Waals surface area contributed by atoms with Crippen LogP contribution in [0.4, 0.5) is 18.9 Å². The largest absolute Gasteiger partial charge is 0.482 e. The van der Waals surface area contributed by atoms with E-state index in [9.17, 15) is 26.4 Å². The van der Waals surface area contributed by atoms with E-state index in [2.05, 4.69) is 4.72 Å². The van der Waals surface area contributed by atoms with Gasteiger partial charge in [-0.05, 0) is 30.3 Å². The summed E-state index contributed by atoms with van der Waals surface area (Å²) in [4.78, 5) is 11.7. The number of ether oxygens (including phenoxy) is 2. The fourth-order valence-electron chi connectivity index (χ4n) is 2.08. The molecule has 0 aliphatic carbocycles. The Hall–Kier alpha value is -2.34. The highest BCUT2D eigenvalue weighted by Crippen LogP contribution is 2.27. The first-order valence-electron chi connectivity index (χ1n) is 8.00. The van der Waals surface area contributed by atoms with Gasteiger partial charge in [-0.2, -0.15) is 0 Å². The predicted octanol–water partition coefficient (Wildman–Crippen LogP) is 2.70. The van der Waals surface area contributed by atoms with E-state index in [1.54, 1.807) is 0 Å². The van der Waals surface area contributed by atoms with Crippen molar-refractivity contribution in [2.45, 2.75) is 4.90 Å². The molecular weight excluding hydrogens is 437 g/mol. The van der Waals surface area contributed by atoms with Gasteiger partial charge in [0.1, 0.15) is 5.75 Å². The number of carbonyl (C=O) groups excluding carboxylic acids is 1. The minimum atomic E-state index is -3.81. The number of nitrogens with one attached hydrogen (secondary N) is 2. The summed E-state index contributed by atoms with van der Waals surface area (Å²) in [5.74, 6) is -5.54. The van der Waals surface area contributed by atoms with Crippen molar-refractivity contribution in [3.8, 4) is 5.75 Å². The second kappa shape index (κ2) is 9.92. The van der Waals surface area contributed by atoms with Gasteiger partial charge in [-0.15, -0.1) is 0 Å². The van der Waals surface area contributed by atoms with E-state index < -0.39 is 45.7 Å². The van der Waals surface area contributed by atoms with Gasteiger partial charge in [0.2, 0.25) is 10.0 Å². The van der Waals surface area contributed by atoms with Crippen molar-refractivity contribution >= 4 is 33.2 Å². The number of hydrogen-bond donors (Lipinski definition) is 2. The molecule has 0 atom stereocenters. The molecule has 0 aliphatic rings. The lowest BCUT2D eigenvalue weighted by Crippen LogP contribution is -2.27. The molecule has 158 valence electrons. The van der Waals surface area contributed by atoms with E-state index >= 15 is 0 Å². The average Bonchev–Trinajstić information content (AvgIpc) is 2.67. The first-order valence-corrected chi connectivity index (χ1v) is 9.86. The fourth-order valence-corrected chi connectivity index (χ4v) is 3.42. The van der Waals surface area contributed by atoms with Crippen LogP contribution in [0.3, 0.4) is 0 Å².